The Balaban J connectivity index is 2.76. The Labute approximate surface area is 47.2 Å². The molecule has 0 atom stereocenters. The molecule has 0 fully saturated rings. The predicted octanol–water partition coefficient (Wildman–Crippen LogP) is 1.52. The Kier molecular flexibility index (Phi) is 1.42. The second-order valence-electron chi connectivity index (χ2n) is 1.23. The molecule has 0 aliphatic heterocycles. The summed E-state index contributed by atoms with van der Waals surface area (Å²) in [4.78, 5) is 1.25. The Morgan fingerprint density at radius 2 is 2.71 bits per heavy atom. The van der Waals surface area contributed by atoms with E-state index in [9.17, 15) is 0 Å². The zero-order valence-corrected chi connectivity index (χ0v) is 4.74. The van der Waals surface area contributed by atoms with E-state index in [4.69, 9.17) is 0 Å². The van der Waals surface area contributed by atoms with Crippen molar-refractivity contribution >= 4 is 11.5 Å². The SMILES string of the molecule is [CH2]Cc1ccns1. The molecule has 1 nitrogen and oxygen atoms in total. The van der Waals surface area contributed by atoms with Gasteiger partial charge >= 0.3 is 0 Å². The van der Waals surface area contributed by atoms with Gasteiger partial charge in [-0.05, 0) is 30.9 Å². The van der Waals surface area contributed by atoms with E-state index < -0.39 is 0 Å². The summed E-state index contributed by atoms with van der Waals surface area (Å²) in [5.74, 6) is 0. The highest BCUT2D eigenvalue weighted by Gasteiger charge is 1.84. The van der Waals surface area contributed by atoms with Gasteiger partial charge in [0.15, 0.2) is 0 Å². The van der Waals surface area contributed by atoms with Crippen molar-refractivity contribution in [3.05, 3.63) is 24.1 Å². The summed E-state index contributed by atoms with van der Waals surface area (Å²) in [5.41, 5.74) is 0. The monoisotopic (exact) mass is 112 g/mol. The zero-order chi connectivity index (χ0) is 5.11. The van der Waals surface area contributed by atoms with E-state index in [0.717, 1.165) is 6.42 Å². The molecule has 0 amide bonds. The van der Waals surface area contributed by atoms with Crippen molar-refractivity contribution in [3.8, 4) is 0 Å². The number of nitrogens with zero attached hydrogens (tertiary/aromatic N) is 1. The number of hydrogen-bond acceptors (Lipinski definition) is 2. The highest BCUT2D eigenvalue weighted by Crippen LogP contribution is 2.02. The van der Waals surface area contributed by atoms with Gasteiger partial charge in [-0.2, -0.15) is 0 Å². The average molecular weight is 112 g/mol. The molecule has 0 N–H and O–H groups in total. The molecule has 1 aromatic rings. The molecule has 0 aliphatic carbocycles. The molecule has 0 saturated heterocycles. The molecule has 1 rings (SSSR count). The van der Waals surface area contributed by atoms with E-state index in [1.54, 1.807) is 6.20 Å². The Hall–Kier alpha value is -0.370. The molecule has 0 spiro atoms. The van der Waals surface area contributed by atoms with Crippen LogP contribution in [0.25, 0.3) is 0 Å². The van der Waals surface area contributed by atoms with Gasteiger partial charge in [-0.15, -0.1) is 0 Å². The van der Waals surface area contributed by atoms with E-state index in [1.807, 2.05) is 6.07 Å². The summed E-state index contributed by atoms with van der Waals surface area (Å²) < 4.78 is 3.89. The van der Waals surface area contributed by atoms with E-state index in [1.165, 1.54) is 16.4 Å². The van der Waals surface area contributed by atoms with Crippen LogP contribution in [-0.2, 0) is 6.42 Å². The van der Waals surface area contributed by atoms with Crippen molar-refractivity contribution in [1.29, 1.82) is 0 Å². The standard InChI is InChI=1S/C5H6NS/c1-2-5-3-4-6-7-5/h3-4H,1-2H2. The summed E-state index contributed by atoms with van der Waals surface area (Å²) in [6, 6.07) is 1.98. The Morgan fingerprint density at radius 3 is 3.00 bits per heavy atom. The smallest absolute Gasteiger partial charge is 0.0409 e. The Bertz CT molecular complexity index is 123. The van der Waals surface area contributed by atoms with Crippen molar-refractivity contribution in [1.82, 2.24) is 4.37 Å². The minimum atomic E-state index is 0.866. The van der Waals surface area contributed by atoms with Gasteiger partial charge in [0, 0.05) is 11.1 Å². The van der Waals surface area contributed by atoms with E-state index in [0.29, 0.717) is 0 Å². The molecule has 2 heteroatoms. The molecule has 1 aromatic heterocycles. The second kappa shape index (κ2) is 2.07. The fourth-order valence-corrected chi connectivity index (χ4v) is 0.841. The van der Waals surface area contributed by atoms with E-state index in [2.05, 4.69) is 11.3 Å². The summed E-state index contributed by atoms with van der Waals surface area (Å²) >= 11 is 1.51. The first-order valence-electron chi connectivity index (χ1n) is 2.12. The predicted molar refractivity (Wildman–Crippen MR) is 31.2 cm³/mol. The van der Waals surface area contributed by atoms with Gasteiger partial charge in [0.2, 0.25) is 0 Å². The van der Waals surface area contributed by atoms with Crippen LogP contribution in [-0.4, -0.2) is 4.37 Å². The summed E-state index contributed by atoms with van der Waals surface area (Å²) in [6.45, 7) is 3.70. The van der Waals surface area contributed by atoms with Gasteiger partial charge in [-0.3, -0.25) is 0 Å². The first kappa shape index (κ1) is 4.78. The zero-order valence-electron chi connectivity index (χ0n) is 3.92. The van der Waals surface area contributed by atoms with E-state index in [-0.39, 0.29) is 0 Å². The van der Waals surface area contributed by atoms with Gasteiger partial charge in [-0.1, -0.05) is 0 Å². The lowest BCUT2D eigenvalue weighted by molar-refractivity contribution is 1.35. The molecule has 0 unspecified atom stereocenters. The lowest BCUT2D eigenvalue weighted by Crippen LogP contribution is -1.64. The van der Waals surface area contributed by atoms with Gasteiger partial charge < -0.3 is 0 Å². The second-order valence-corrected chi connectivity index (χ2v) is 2.15. The minimum absolute atomic E-state index is 0.866. The molecule has 7 heavy (non-hydrogen) atoms. The van der Waals surface area contributed by atoms with Gasteiger partial charge in [-0.25, -0.2) is 4.37 Å². The van der Waals surface area contributed by atoms with Crippen LogP contribution in [0, 0.1) is 6.92 Å². The minimum Gasteiger partial charge on any atom is -0.201 e. The van der Waals surface area contributed by atoms with Crippen molar-refractivity contribution < 1.29 is 0 Å². The molecule has 37 valence electrons. The quantitative estimate of drug-likeness (QED) is 0.536. The molecule has 1 heterocycles. The van der Waals surface area contributed by atoms with Crippen LogP contribution in [0.2, 0.25) is 0 Å². The fraction of sp³-hybridized carbons (Fsp3) is 0.200. The first-order chi connectivity index (χ1) is 3.43. The van der Waals surface area contributed by atoms with Crippen LogP contribution < -0.4 is 0 Å². The molecular formula is C5H6NS. The normalized spacial score (nSPS) is 9.29. The van der Waals surface area contributed by atoms with E-state index >= 15 is 0 Å². The average Bonchev–Trinajstić information content (AvgIpc) is 2.14. The lowest BCUT2D eigenvalue weighted by Gasteiger charge is -1.76. The van der Waals surface area contributed by atoms with Crippen LogP contribution in [0.1, 0.15) is 4.88 Å². The third kappa shape index (κ3) is 0.996. The fourth-order valence-electron chi connectivity index (χ4n) is 0.371. The van der Waals surface area contributed by atoms with Crippen LogP contribution in [0.15, 0.2) is 12.3 Å². The highest BCUT2D eigenvalue weighted by molar-refractivity contribution is 7.05. The number of aromatic nitrogens is 1. The number of hydrogen-bond donors (Lipinski definition) is 0. The van der Waals surface area contributed by atoms with Crippen molar-refractivity contribution in [2.45, 2.75) is 6.42 Å². The van der Waals surface area contributed by atoms with Crippen LogP contribution >= 0.6 is 11.5 Å². The van der Waals surface area contributed by atoms with Gasteiger partial charge in [0.25, 0.3) is 0 Å². The van der Waals surface area contributed by atoms with Crippen molar-refractivity contribution in [3.63, 3.8) is 0 Å². The lowest BCUT2D eigenvalue weighted by atomic mass is 10.4. The van der Waals surface area contributed by atoms with Crippen LogP contribution in [0.3, 0.4) is 0 Å². The van der Waals surface area contributed by atoms with Crippen molar-refractivity contribution in [2.75, 3.05) is 0 Å². The molecular weight excluding hydrogens is 106 g/mol. The first-order valence-corrected chi connectivity index (χ1v) is 2.89. The highest BCUT2D eigenvalue weighted by atomic mass is 32.1. The summed E-state index contributed by atoms with van der Waals surface area (Å²) in [7, 11) is 0. The molecule has 0 aliphatic rings. The number of rotatable bonds is 1. The van der Waals surface area contributed by atoms with Crippen LogP contribution in [0.4, 0.5) is 0 Å². The van der Waals surface area contributed by atoms with Gasteiger partial charge in [0.1, 0.15) is 0 Å². The molecule has 0 bridgehead atoms. The molecule has 0 saturated carbocycles. The maximum Gasteiger partial charge on any atom is 0.0409 e. The largest absolute Gasteiger partial charge is 0.201 e. The van der Waals surface area contributed by atoms with Crippen molar-refractivity contribution in [2.24, 2.45) is 0 Å². The topological polar surface area (TPSA) is 12.9 Å². The molecule has 1 radical (unpaired) electrons. The summed E-state index contributed by atoms with van der Waals surface area (Å²) in [5, 5.41) is 0. The maximum absolute atomic E-state index is 3.89. The third-order valence-corrected chi connectivity index (χ3v) is 1.54. The summed E-state index contributed by atoms with van der Waals surface area (Å²) in [6.07, 6.45) is 2.66. The van der Waals surface area contributed by atoms with Gasteiger partial charge in [0.05, 0.1) is 0 Å². The third-order valence-electron chi connectivity index (χ3n) is 0.738. The molecule has 0 aromatic carbocycles. The van der Waals surface area contributed by atoms with Crippen LogP contribution in [0.5, 0.6) is 0 Å². The maximum atomic E-state index is 3.89. The Morgan fingerprint density at radius 1 is 1.86 bits per heavy atom.